The van der Waals surface area contributed by atoms with E-state index >= 15 is 0 Å². The largest absolute Gasteiger partial charge is 0.494 e. The summed E-state index contributed by atoms with van der Waals surface area (Å²) in [7, 11) is 0. The maximum absolute atomic E-state index is 5.80. The molecular weight excluding hydrogens is 234 g/mol. The summed E-state index contributed by atoms with van der Waals surface area (Å²) >= 11 is 0. The Hall–Kier alpha value is -1.02. The van der Waals surface area contributed by atoms with Crippen molar-refractivity contribution in [2.75, 3.05) is 6.61 Å². The van der Waals surface area contributed by atoms with Crippen molar-refractivity contribution in [2.24, 2.45) is 5.73 Å². The molecule has 1 rings (SSSR count). The Balaban J connectivity index is 2.37. The van der Waals surface area contributed by atoms with Gasteiger partial charge in [-0.05, 0) is 49.8 Å². The molecule has 2 heteroatoms. The Morgan fingerprint density at radius 2 is 1.74 bits per heavy atom. The first-order chi connectivity index (χ1) is 9.13. The topological polar surface area (TPSA) is 35.2 Å². The van der Waals surface area contributed by atoms with Crippen molar-refractivity contribution in [3.05, 3.63) is 29.8 Å². The van der Waals surface area contributed by atoms with Crippen LogP contribution in [0.5, 0.6) is 5.75 Å². The molecule has 0 aromatic heterocycles. The second-order valence-electron chi connectivity index (χ2n) is 5.58. The molecule has 2 unspecified atom stereocenters. The van der Waals surface area contributed by atoms with Crippen LogP contribution in [-0.4, -0.2) is 12.6 Å². The summed E-state index contributed by atoms with van der Waals surface area (Å²) in [5, 5.41) is 0. The van der Waals surface area contributed by atoms with Crippen LogP contribution in [0.3, 0.4) is 0 Å². The van der Waals surface area contributed by atoms with Crippen LogP contribution in [0, 0.1) is 0 Å². The van der Waals surface area contributed by atoms with Crippen molar-refractivity contribution in [1.82, 2.24) is 0 Å². The van der Waals surface area contributed by atoms with Gasteiger partial charge in [0.05, 0.1) is 6.61 Å². The minimum atomic E-state index is 0.295. The Morgan fingerprint density at radius 3 is 2.32 bits per heavy atom. The predicted octanol–water partition coefficient (Wildman–Crippen LogP) is 4.49. The summed E-state index contributed by atoms with van der Waals surface area (Å²) in [6.07, 6.45) is 5.85. The zero-order valence-electron chi connectivity index (χ0n) is 12.7. The lowest BCUT2D eigenvalue weighted by molar-refractivity contribution is 0.306. The van der Waals surface area contributed by atoms with E-state index in [-0.39, 0.29) is 0 Å². The molecule has 0 bridgehead atoms. The normalized spacial score (nSPS) is 14.1. The molecule has 108 valence electrons. The van der Waals surface area contributed by atoms with E-state index in [1.54, 1.807) is 0 Å². The van der Waals surface area contributed by atoms with E-state index in [0.29, 0.717) is 12.0 Å². The molecule has 0 heterocycles. The number of rotatable bonds is 9. The highest BCUT2D eigenvalue weighted by Gasteiger charge is 2.07. The molecule has 1 aromatic rings. The van der Waals surface area contributed by atoms with Crippen LogP contribution >= 0.6 is 0 Å². The highest BCUT2D eigenvalue weighted by Crippen LogP contribution is 2.23. The van der Waals surface area contributed by atoms with Gasteiger partial charge in [0, 0.05) is 6.04 Å². The predicted molar refractivity (Wildman–Crippen MR) is 82.8 cm³/mol. The Kier molecular flexibility index (Phi) is 7.57. The van der Waals surface area contributed by atoms with Gasteiger partial charge < -0.3 is 10.5 Å². The lowest BCUT2D eigenvalue weighted by atomic mass is 9.95. The van der Waals surface area contributed by atoms with Gasteiger partial charge in [-0.3, -0.25) is 0 Å². The van der Waals surface area contributed by atoms with Crippen LogP contribution in [0.1, 0.15) is 64.4 Å². The van der Waals surface area contributed by atoms with Crippen LogP contribution in [-0.2, 0) is 0 Å². The van der Waals surface area contributed by atoms with Crippen molar-refractivity contribution in [2.45, 2.75) is 64.8 Å². The second kappa shape index (κ2) is 8.98. The van der Waals surface area contributed by atoms with Crippen LogP contribution in [0.15, 0.2) is 24.3 Å². The fraction of sp³-hybridized carbons (Fsp3) is 0.647. The lowest BCUT2D eigenvalue weighted by Crippen LogP contribution is -2.15. The molecule has 0 saturated heterocycles. The molecule has 2 atom stereocenters. The van der Waals surface area contributed by atoms with E-state index in [1.165, 1.54) is 18.4 Å². The maximum atomic E-state index is 5.80. The molecule has 0 fully saturated rings. The van der Waals surface area contributed by atoms with E-state index in [1.807, 2.05) is 0 Å². The van der Waals surface area contributed by atoms with Gasteiger partial charge in [-0.1, -0.05) is 38.8 Å². The lowest BCUT2D eigenvalue weighted by Gasteiger charge is -2.14. The number of nitrogens with two attached hydrogens (primary N) is 1. The third kappa shape index (κ3) is 6.63. The first-order valence-electron chi connectivity index (χ1n) is 7.61. The summed E-state index contributed by atoms with van der Waals surface area (Å²) in [5.74, 6) is 1.55. The van der Waals surface area contributed by atoms with E-state index in [0.717, 1.165) is 31.6 Å². The maximum Gasteiger partial charge on any atom is 0.119 e. The Labute approximate surface area is 118 Å². The van der Waals surface area contributed by atoms with Crippen molar-refractivity contribution in [1.29, 1.82) is 0 Å². The molecule has 2 nitrogen and oxygen atoms in total. The second-order valence-corrected chi connectivity index (χ2v) is 5.58. The molecule has 0 radical (unpaired) electrons. The van der Waals surface area contributed by atoms with Gasteiger partial charge in [-0.25, -0.2) is 0 Å². The van der Waals surface area contributed by atoms with Crippen molar-refractivity contribution >= 4 is 0 Å². The first-order valence-corrected chi connectivity index (χ1v) is 7.61. The molecule has 0 aliphatic heterocycles. The zero-order chi connectivity index (χ0) is 14.1. The SMILES string of the molecule is CCCCCOc1ccc(C(C)CCC(C)N)cc1. The highest BCUT2D eigenvalue weighted by atomic mass is 16.5. The van der Waals surface area contributed by atoms with Crippen molar-refractivity contribution in [3.8, 4) is 5.75 Å². The first kappa shape index (κ1) is 16.0. The van der Waals surface area contributed by atoms with Gasteiger partial charge in [-0.15, -0.1) is 0 Å². The van der Waals surface area contributed by atoms with Gasteiger partial charge in [0.1, 0.15) is 5.75 Å². The van der Waals surface area contributed by atoms with Crippen LogP contribution in [0.25, 0.3) is 0 Å². The minimum absolute atomic E-state index is 0.295. The van der Waals surface area contributed by atoms with E-state index in [4.69, 9.17) is 10.5 Å². The van der Waals surface area contributed by atoms with Gasteiger partial charge >= 0.3 is 0 Å². The number of hydrogen-bond acceptors (Lipinski definition) is 2. The van der Waals surface area contributed by atoms with Crippen LogP contribution in [0.4, 0.5) is 0 Å². The Bertz CT molecular complexity index is 332. The van der Waals surface area contributed by atoms with Crippen LogP contribution in [0.2, 0.25) is 0 Å². The molecule has 19 heavy (non-hydrogen) atoms. The molecule has 0 aliphatic carbocycles. The molecule has 0 aliphatic rings. The van der Waals surface area contributed by atoms with E-state index < -0.39 is 0 Å². The minimum Gasteiger partial charge on any atom is -0.494 e. The fourth-order valence-electron chi connectivity index (χ4n) is 2.11. The number of benzene rings is 1. The summed E-state index contributed by atoms with van der Waals surface area (Å²) in [5.41, 5.74) is 7.18. The molecule has 0 spiro atoms. The average Bonchev–Trinajstić information content (AvgIpc) is 2.41. The summed E-state index contributed by atoms with van der Waals surface area (Å²) in [4.78, 5) is 0. The summed E-state index contributed by atoms with van der Waals surface area (Å²) < 4.78 is 5.72. The Morgan fingerprint density at radius 1 is 1.05 bits per heavy atom. The molecule has 0 amide bonds. The van der Waals surface area contributed by atoms with E-state index in [9.17, 15) is 0 Å². The van der Waals surface area contributed by atoms with E-state index in [2.05, 4.69) is 45.0 Å². The fourth-order valence-corrected chi connectivity index (χ4v) is 2.11. The summed E-state index contributed by atoms with van der Waals surface area (Å²) in [6.45, 7) is 7.37. The van der Waals surface area contributed by atoms with Gasteiger partial charge in [0.2, 0.25) is 0 Å². The molecular formula is C17H29NO. The monoisotopic (exact) mass is 263 g/mol. The molecule has 0 saturated carbocycles. The third-order valence-corrected chi connectivity index (χ3v) is 3.52. The number of hydrogen-bond donors (Lipinski definition) is 1. The molecule has 2 N–H and O–H groups in total. The standard InChI is InChI=1S/C17H29NO/c1-4-5-6-13-19-17-11-9-16(10-12-17)14(2)7-8-15(3)18/h9-12,14-15H,4-8,13,18H2,1-3H3. The average molecular weight is 263 g/mol. The zero-order valence-corrected chi connectivity index (χ0v) is 12.7. The highest BCUT2D eigenvalue weighted by molar-refractivity contribution is 5.29. The third-order valence-electron chi connectivity index (χ3n) is 3.52. The quantitative estimate of drug-likeness (QED) is 0.666. The van der Waals surface area contributed by atoms with Gasteiger partial charge in [0.15, 0.2) is 0 Å². The van der Waals surface area contributed by atoms with Gasteiger partial charge in [-0.2, -0.15) is 0 Å². The van der Waals surface area contributed by atoms with Crippen LogP contribution < -0.4 is 10.5 Å². The number of unbranched alkanes of at least 4 members (excludes halogenated alkanes) is 2. The van der Waals surface area contributed by atoms with Gasteiger partial charge in [0.25, 0.3) is 0 Å². The smallest absolute Gasteiger partial charge is 0.119 e. The van der Waals surface area contributed by atoms with Crippen molar-refractivity contribution in [3.63, 3.8) is 0 Å². The molecule has 1 aromatic carbocycles. The number of ether oxygens (including phenoxy) is 1. The summed E-state index contributed by atoms with van der Waals surface area (Å²) in [6, 6.07) is 8.83. The van der Waals surface area contributed by atoms with Crippen molar-refractivity contribution < 1.29 is 4.74 Å².